The lowest BCUT2D eigenvalue weighted by Gasteiger charge is -2.10. The molecule has 154 valence electrons. The summed E-state index contributed by atoms with van der Waals surface area (Å²) in [5.41, 5.74) is 1.50. The van der Waals surface area contributed by atoms with E-state index in [9.17, 15) is 13.2 Å². The van der Waals surface area contributed by atoms with Gasteiger partial charge in [0, 0.05) is 22.3 Å². The molecule has 1 amide bonds. The van der Waals surface area contributed by atoms with E-state index < -0.39 is 10.0 Å². The van der Waals surface area contributed by atoms with Crippen molar-refractivity contribution in [1.29, 1.82) is 0 Å². The molecule has 0 radical (unpaired) electrons. The Hall–Kier alpha value is -3.04. The average molecular weight is 489 g/mol. The Bertz CT molecular complexity index is 1200. The number of nitrogens with one attached hydrogen (secondary N) is 2. The molecule has 4 rings (SSSR count). The van der Waals surface area contributed by atoms with E-state index in [0.717, 1.165) is 10.0 Å². The van der Waals surface area contributed by atoms with Gasteiger partial charge in [0.05, 0.1) is 4.90 Å². The minimum absolute atomic E-state index is 0.128. The van der Waals surface area contributed by atoms with Crippen LogP contribution in [0.4, 0.5) is 5.69 Å². The van der Waals surface area contributed by atoms with Crippen LogP contribution in [0.5, 0.6) is 11.5 Å². The second kappa shape index (κ2) is 8.37. The van der Waals surface area contributed by atoms with Gasteiger partial charge in [-0.1, -0.05) is 28.1 Å². The van der Waals surface area contributed by atoms with Gasteiger partial charge in [0.2, 0.25) is 6.79 Å². The molecule has 0 aliphatic carbocycles. The van der Waals surface area contributed by atoms with E-state index >= 15 is 0 Å². The number of ether oxygens (including phenoxy) is 2. The molecule has 0 saturated heterocycles. The molecule has 0 fully saturated rings. The van der Waals surface area contributed by atoms with E-state index in [1.165, 1.54) is 18.2 Å². The molecule has 7 nitrogen and oxygen atoms in total. The van der Waals surface area contributed by atoms with E-state index in [1.807, 2.05) is 12.1 Å². The molecule has 3 aromatic rings. The summed E-state index contributed by atoms with van der Waals surface area (Å²) in [5.74, 6) is 0.999. The van der Waals surface area contributed by atoms with Crippen LogP contribution in [0.2, 0.25) is 0 Å². The minimum Gasteiger partial charge on any atom is -0.454 e. The third-order valence-electron chi connectivity index (χ3n) is 4.39. The van der Waals surface area contributed by atoms with Gasteiger partial charge in [0.1, 0.15) is 0 Å². The maximum Gasteiger partial charge on any atom is 0.261 e. The van der Waals surface area contributed by atoms with Gasteiger partial charge in [-0.05, 0) is 60.2 Å². The summed E-state index contributed by atoms with van der Waals surface area (Å²) in [4.78, 5) is 12.7. The molecule has 1 aliphatic rings. The maximum absolute atomic E-state index is 12.5. The number of anilines is 1. The number of fused-ring (bicyclic) bond motifs is 1. The summed E-state index contributed by atoms with van der Waals surface area (Å²) in [6.07, 6.45) is 0. The number of carbonyl (C=O) groups excluding carboxylic acids is 1. The van der Waals surface area contributed by atoms with E-state index in [2.05, 4.69) is 26.0 Å². The molecular formula is C21H17BrN2O5S. The first-order valence-corrected chi connectivity index (χ1v) is 11.2. The first kappa shape index (κ1) is 20.2. The van der Waals surface area contributed by atoms with Gasteiger partial charge in [0.15, 0.2) is 11.5 Å². The molecule has 0 aromatic heterocycles. The Morgan fingerprint density at radius 3 is 2.53 bits per heavy atom. The smallest absolute Gasteiger partial charge is 0.261 e. The number of hydrogen-bond acceptors (Lipinski definition) is 5. The topological polar surface area (TPSA) is 93.7 Å². The minimum atomic E-state index is -3.76. The fraction of sp³-hybridized carbons (Fsp3) is 0.0952. The molecule has 0 saturated carbocycles. The fourth-order valence-electron chi connectivity index (χ4n) is 2.89. The van der Waals surface area contributed by atoms with Gasteiger partial charge in [-0.25, -0.2) is 8.42 Å². The van der Waals surface area contributed by atoms with E-state index in [4.69, 9.17) is 9.47 Å². The lowest BCUT2D eigenvalue weighted by molar-refractivity contribution is 0.0951. The normalized spacial score (nSPS) is 12.4. The number of hydrogen-bond donors (Lipinski definition) is 2. The molecule has 0 atom stereocenters. The van der Waals surface area contributed by atoms with E-state index in [0.29, 0.717) is 29.3 Å². The molecule has 1 aliphatic heterocycles. The molecule has 0 unspecified atom stereocenters. The SMILES string of the molecule is O=C(NCc1ccc2c(c1)OCO2)c1cccc(NS(=O)(=O)c2ccc(Br)cc2)c1. The number of halogens is 1. The van der Waals surface area contributed by atoms with Crippen LogP contribution < -0.4 is 19.5 Å². The van der Waals surface area contributed by atoms with Gasteiger partial charge in [0.25, 0.3) is 15.9 Å². The van der Waals surface area contributed by atoms with Gasteiger partial charge < -0.3 is 14.8 Å². The maximum atomic E-state index is 12.5. The largest absolute Gasteiger partial charge is 0.454 e. The first-order valence-electron chi connectivity index (χ1n) is 8.96. The van der Waals surface area contributed by atoms with Gasteiger partial charge in [-0.15, -0.1) is 0 Å². The molecule has 3 aromatic carbocycles. The van der Waals surface area contributed by atoms with E-state index in [-0.39, 0.29) is 17.6 Å². The third kappa shape index (κ3) is 4.58. The second-order valence-electron chi connectivity index (χ2n) is 6.51. The Morgan fingerprint density at radius 1 is 0.967 bits per heavy atom. The first-order chi connectivity index (χ1) is 14.4. The van der Waals surface area contributed by atoms with Crippen LogP contribution in [-0.4, -0.2) is 21.1 Å². The van der Waals surface area contributed by atoms with Crippen molar-refractivity contribution in [2.75, 3.05) is 11.5 Å². The molecule has 1 heterocycles. The number of rotatable bonds is 6. The Kier molecular flexibility index (Phi) is 5.65. The van der Waals surface area contributed by atoms with Crippen LogP contribution in [0.15, 0.2) is 76.1 Å². The number of sulfonamides is 1. The van der Waals surface area contributed by atoms with Crippen molar-refractivity contribution in [3.63, 3.8) is 0 Å². The Labute approximate surface area is 182 Å². The Morgan fingerprint density at radius 2 is 1.73 bits per heavy atom. The average Bonchev–Trinajstić information content (AvgIpc) is 3.20. The Balaban J connectivity index is 1.43. The number of carbonyl (C=O) groups is 1. The van der Waals surface area contributed by atoms with Crippen molar-refractivity contribution >= 4 is 37.5 Å². The van der Waals surface area contributed by atoms with Gasteiger partial charge in [-0.2, -0.15) is 0 Å². The van der Waals surface area contributed by atoms with Crippen LogP contribution >= 0.6 is 15.9 Å². The van der Waals surface area contributed by atoms with Crippen LogP contribution in [0.3, 0.4) is 0 Å². The summed E-state index contributed by atoms with van der Waals surface area (Å²) in [5, 5.41) is 2.82. The third-order valence-corrected chi connectivity index (χ3v) is 6.32. The van der Waals surface area contributed by atoms with Crippen LogP contribution in [0.25, 0.3) is 0 Å². The van der Waals surface area contributed by atoms with Crippen molar-refractivity contribution in [2.24, 2.45) is 0 Å². The molecule has 0 spiro atoms. The zero-order valence-corrected chi connectivity index (χ0v) is 18.0. The lowest BCUT2D eigenvalue weighted by atomic mass is 10.1. The fourth-order valence-corrected chi connectivity index (χ4v) is 4.20. The van der Waals surface area contributed by atoms with E-state index in [1.54, 1.807) is 36.4 Å². The predicted octanol–water partition coefficient (Wildman–Crippen LogP) is 3.91. The highest BCUT2D eigenvalue weighted by molar-refractivity contribution is 9.10. The van der Waals surface area contributed by atoms with Crippen molar-refractivity contribution in [2.45, 2.75) is 11.4 Å². The summed E-state index contributed by atoms with van der Waals surface area (Å²) in [6, 6.07) is 18.0. The highest BCUT2D eigenvalue weighted by Crippen LogP contribution is 2.32. The van der Waals surface area contributed by atoms with Crippen molar-refractivity contribution in [3.05, 3.63) is 82.3 Å². The second-order valence-corrected chi connectivity index (χ2v) is 9.11. The molecule has 9 heteroatoms. The highest BCUT2D eigenvalue weighted by atomic mass is 79.9. The van der Waals surface area contributed by atoms with Gasteiger partial charge >= 0.3 is 0 Å². The van der Waals surface area contributed by atoms with Crippen LogP contribution in [0.1, 0.15) is 15.9 Å². The van der Waals surface area contributed by atoms with Gasteiger partial charge in [-0.3, -0.25) is 9.52 Å². The quantitative estimate of drug-likeness (QED) is 0.548. The van der Waals surface area contributed by atoms with Crippen LogP contribution in [0, 0.1) is 0 Å². The highest BCUT2D eigenvalue weighted by Gasteiger charge is 2.16. The lowest BCUT2D eigenvalue weighted by Crippen LogP contribution is -2.23. The molecule has 2 N–H and O–H groups in total. The summed E-state index contributed by atoms with van der Waals surface area (Å²) >= 11 is 3.28. The summed E-state index contributed by atoms with van der Waals surface area (Å²) in [7, 11) is -3.76. The number of amides is 1. The predicted molar refractivity (Wildman–Crippen MR) is 115 cm³/mol. The van der Waals surface area contributed by atoms with Crippen molar-refractivity contribution in [3.8, 4) is 11.5 Å². The zero-order chi connectivity index (χ0) is 21.1. The van der Waals surface area contributed by atoms with Crippen molar-refractivity contribution in [1.82, 2.24) is 5.32 Å². The summed E-state index contributed by atoms with van der Waals surface area (Å²) in [6.45, 7) is 0.485. The number of benzene rings is 3. The molecular weight excluding hydrogens is 472 g/mol. The monoisotopic (exact) mass is 488 g/mol. The molecule has 0 bridgehead atoms. The molecule has 30 heavy (non-hydrogen) atoms. The van der Waals surface area contributed by atoms with Crippen molar-refractivity contribution < 1.29 is 22.7 Å². The zero-order valence-electron chi connectivity index (χ0n) is 15.6. The summed E-state index contributed by atoms with van der Waals surface area (Å²) < 4.78 is 39.0. The van der Waals surface area contributed by atoms with Crippen LogP contribution in [-0.2, 0) is 16.6 Å². The standard InChI is InChI=1S/C21H17BrN2O5S/c22-16-5-7-18(8-6-16)30(26,27)24-17-3-1-2-15(11-17)21(25)23-12-14-4-9-19-20(10-14)29-13-28-19/h1-11,24H,12-13H2,(H,23,25).